The van der Waals surface area contributed by atoms with Gasteiger partial charge in [-0.05, 0) is 24.8 Å². The number of nitrogens with one attached hydrogen (secondary N) is 1. The molecule has 3 heteroatoms. The number of benzene rings is 1. The van der Waals surface area contributed by atoms with Crippen LogP contribution in [0.1, 0.15) is 25.3 Å². The Kier molecular flexibility index (Phi) is 4.83. The van der Waals surface area contributed by atoms with Crippen LogP contribution < -0.4 is 10.1 Å². The zero-order valence-electron chi connectivity index (χ0n) is 12.2. The average molecular weight is 263 g/mol. The molecule has 1 N–H and O–H groups in total. The maximum atomic E-state index is 5.55. The van der Waals surface area contributed by atoms with E-state index in [1.807, 2.05) is 6.07 Å². The van der Waals surface area contributed by atoms with Gasteiger partial charge in [-0.15, -0.1) is 0 Å². The Hall–Kier alpha value is -1.06. The number of rotatable bonds is 7. The van der Waals surface area contributed by atoms with Gasteiger partial charge in [0.05, 0.1) is 13.7 Å². The number of hydrogen-bond acceptors (Lipinski definition) is 3. The smallest absolute Gasteiger partial charge is 0.122 e. The van der Waals surface area contributed by atoms with Crippen LogP contribution in [0, 0.1) is 5.92 Å². The van der Waals surface area contributed by atoms with Gasteiger partial charge in [0.25, 0.3) is 0 Å². The van der Waals surface area contributed by atoms with Gasteiger partial charge in [-0.25, -0.2) is 0 Å². The maximum Gasteiger partial charge on any atom is 0.122 e. The SMILES string of the molecule is COCCNCC1(c2ccccc2OC)CCC1C. The summed E-state index contributed by atoms with van der Waals surface area (Å²) < 4.78 is 10.6. The Bertz CT molecular complexity index is 407. The van der Waals surface area contributed by atoms with Crippen LogP contribution in [0.3, 0.4) is 0 Å². The number of para-hydroxylation sites is 1. The van der Waals surface area contributed by atoms with E-state index >= 15 is 0 Å². The molecule has 0 bridgehead atoms. The van der Waals surface area contributed by atoms with Crippen molar-refractivity contribution in [3.8, 4) is 5.75 Å². The second-order valence-electron chi connectivity index (χ2n) is 5.47. The first kappa shape index (κ1) is 14.4. The Balaban J connectivity index is 2.15. The highest BCUT2D eigenvalue weighted by atomic mass is 16.5. The summed E-state index contributed by atoms with van der Waals surface area (Å²) in [4.78, 5) is 0. The summed E-state index contributed by atoms with van der Waals surface area (Å²) in [5, 5.41) is 3.53. The predicted molar refractivity (Wildman–Crippen MR) is 77.8 cm³/mol. The van der Waals surface area contributed by atoms with Crippen molar-refractivity contribution in [2.45, 2.75) is 25.2 Å². The Morgan fingerprint density at radius 1 is 1.32 bits per heavy atom. The van der Waals surface area contributed by atoms with Crippen LogP contribution in [0.5, 0.6) is 5.75 Å². The molecule has 19 heavy (non-hydrogen) atoms. The van der Waals surface area contributed by atoms with E-state index in [2.05, 4.69) is 30.4 Å². The lowest BCUT2D eigenvalue weighted by Crippen LogP contribution is -2.50. The molecule has 2 rings (SSSR count). The fraction of sp³-hybridized carbons (Fsp3) is 0.625. The van der Waals surface area contributed by atoms with Crippen molar-refractivity contribution in [2.24, 2.45) is 5.92 Å². The first-order valence-electron chi connectivity index (χ1n) is 7.08. The second kappa shape index (κ2) is 6.40. The van der Waals surface area contributed by atoms with Crippen molar-refractivity contribution in [3.05, 3.63) is 29.8 Å². The fourth-order valence-electron chi connectivity index (χ4n) is 3.08. The lowest BCUT2D eigenvalue weighted by Gasteiger charge is -2.49. The van der Waals surface area contributed by atoms with Gasteiger partial charge in [0.1, 0.15) is 5.75 Å². The van der Waals surface area contributed by atoms with Gasteiger partial charge in [-0.1, -0.05) is 25.1 Å². The molecule has 3 nitrogen and oxygen atoms in total. The van der Waals surface area contributed by atoms with Crippen molar-refractivity contribution < 1.29 is 9.47 Å². The molecule has 1 saturated carbocycles. The van der Waals surface area contributed by atoms with Crippen LogP contribution in [-0.2, 0) is 10.2 Å². The van der Waals surface area contributed by atoms with Crippen molar-refractivity contribution in [1.82, 2.24) is 5.32 Å². The van der Waals surface area contributed by atoms with Gasteiger partial charge in [-0.3, -0.25) is 0 Å². The number of hydrogen-bond donors (Lipinski definition) is 1. The summed E-state index contributed by atoms with van der Waals surface area (Å²) >= 11 is 0. The Labute approximate surface area is 116 Å². The molecule has 0 heterocycles. The highest BCUT2D eigenvalue weighted by Crippen LogP contribution is 2.50. The van der Waals surface area contributed by atoms with E-state index in [1.54, 1.807) is 14.2 Å². The molecule has 0 spiro atoms. The van der Waals surface area contributed by atoms with Crippen LogP contribution >= 0.6 is 0 Å². The molecule has 0 aromatic heterocycles. The summed E-state index contributed by atoms with van der Waals surface area (Å²) in [5.74, 6) is 1.71. The van der Waals surface area contributed by atoms with Gasteiger partial charge in [0, 0.05) is 31.2 Å². The van der Waals surface area contributed by atoms with Gasteiger partial charge in [-0.2, -0.15) is 0 Å². The molecule has 1 aliphatic carbocycles. The Morgan fingerprint density at radius 3 is 2.68 bits per heavy atom. The first-order valence-corrected chi connectivity index (χ1v) is 7.08. The molecule has 0 radical (unpaired) electrons. The first-order chi connectivity index (χ1) is 9.24. The van der Waals surface area contributed by atoms with Gasteiger partial charge in [0.2, 0.25) is 0 Å². The van der Waals surface area contributed by atoms with Crippen molar-refractivity contribution in [3.63, 3.8) is 0 Å². The minimum Gasteiger partial charge on any atom is -0.496 e. The Morgan fingerprint density at radius 2 is 2.11 bits per heavy atom. The van der Waals surface area contributed by atoms with Crippen molar-refractivity contribution in [1.29, 1.82) is 0 Å². The van der Waals surface area contributed by atoms with E-state index < -0.39 is 0 Å². The van der Waals surface area contributed by atoms with E-state index in [0.29, 0.717) is 5.92 Å². The number of methoxy groups -OCH3 is 2. The van der Waals surface area contributed by atoms with E-state index in [1.165, 1.54) is 18.4 Å². The van der Waals surface area contributed by atoms with Crippen LogP contribution in [0.2, 0.25) is 0 Å². The molecule has 1 aromatic rings. The third kappa shape index (κ3) is 2.77. The van der Waals surface area contributed by atoms with Crippen LogP contribution in [-0.4, -0.2) is 33.9 Å². The van der Waals surface area contributed by atoms with Crippen LogP contribution in [0.25, 0.3) is 0 Å². The third-order valence-electron chi connectivity index (χ3n) is 4.53. The average Bonchev–Trinajstić information content (AvgIpc) is 2.46. The minimum atomic E-state index is 0.223. The topological polar surface area (TPSA) is 30.5 Å². The van der Waals surface area contributed by atoms with Gasteiger partial charge >= 0.3 is 0 Å². The summed E-state index contributed by atoms with van der Waals surface area (Å²) in [6.07, 6.45) is 2.53. The van der Waals surface area contributed by atoms with E-state index in [-0.39, 0.29) is 5.41 Å². The third-order valence-corrected chi connectivity index (χ3v) is 4.53. The minimum absolute atomic E-state index is 0.223. The molecule has 106 valence electrons. The van der Waals surface area contributed by atoms with Gasteiger partial charge < -0.3 is 14.8 Å². The maximum absolute atomic E-state index is 5.55. The molecule has 1 fully saturated rings. The second-order valence-corrected chi connectivity index (χ2v) is 5.47. The van der Waals surface area contributed by atoms with Gasteiger partial charge in [0.15, 0.2) is 0 Å². The lowest BCUT2D eigenvalue weighted by molar-refractivity contribution is 0.124. The predicted octanol–water partition coefficient (Wildman–Crippen LogP) is 2.60. The summed E-state index contributed by atoms with van der Waals surface area (Å²) in [5.41, 5.74) is 1.57. The molecule has 2 unspecified atom stereocenters. The quantitative estimate of drug-likeness (QED) is 0.767. The summed E-state index contributed by atoms with van der Waals surface area (Å²) in [6.45, 7) is 5.00. The van der Waals surface area contributed by atoms with E-state index in [4.69, 9.17) is 9.47 Å². The lowest BCUT2D eigenvalue weighted by atomic mass is 9.57. The molecule has 0 aliphatic heterocycles. The standard InChI is InChI=1S/C16H25NO2/c1-13-8-9-16(13,12-17-10-11-18-2)14-6-4-5-7-15(14)19-3/h4-7,13,17H,8-12H2,1-3H3. The highest BCUT2D eigenvalue weighted by molar-refractivity contribution is 5.42. The monoisotopic (exact) mass is 263 g/mol. The molecular weight excluding hydrogens is 238 g/mol. The summed E-state index contributed by atoms with van der Waals surface area (Å²) in [6, 6.07) is 8.43. The summed E-state index contributed by atoms with van der Waals surface area (Å²) in [7, 11) is 3.50. The highest BCUT2D eigenvalue weighted by Gasteiger charge is 2.46. The van der Waals surface area contributed by atoms with Crippen molar-refractivity contribution in [2.75, 3.05) is 33.9 Å². The fourth-order valence-corrected chi connectivity index (χ4v) is 3.08. The molecule has 1 aromatic carbocycles. The van der Waals surface area contributed by atoms with E-state index in [9.17, 15) is 0 Å². The normalized spacial score (nSPS) is 25.9. The van der Waals surface area contributed by atoms with E-state index in [0.717, 1.165) is 25.4 Å². The van der Waals surface area contributed by atoms with Crippen molar-refractivity contribution >= 4 is 0 Å². The van der Waals surface area contributed by atoms with Crippen LogP contribution in [0.4, 0.5) is 0 Å². The molecular formula is C16H25NO2. The zero-order chi connectivity index (χ0) is 13.7. The largest absolute Gasteiger partial charge is 0.496 e. The van der Waals surface area contributed by atoms with Crippen LogP contribution in [0.15, 0.2) is 24.3 Å². The molecule has 2 atom stereocenters. The molecule has 0 saturated heterocycles. The number of ether oxygens (including phenoxy) is 2. The zero-order valence-corrected chi connectivity index (χ0v) is 12.2. The molecule has 1 aliphatic rings. The molecule has 0 amide bonds.